The molecule has 0 radical (unpaired) electrons. The van der Waals surface area contributed by atoms with Gasteiger partial charge in [0, 0.05) is 20.1 Å². The quantitative estimate of drug-likeness (QED) is 0.524. The Labute approximate surface area is 85.0 Å². The maximum Gasteiger partial charge on any atom is 0.300 e. The van der Waals surface area contributed by atoms with Gasteiger partial charge in [0.2, 0.25) is 0 Å². The molecule has 0 fully saturated rings. The highest BCUT2D eigenvalue weighted by atomic mass is 16.4. The van der Waals surface area contributed by atoms with E-state index in [1.807, 2.05) is 7.05 Å². The largest absolute Gasteiger partial charge is 0.481 e. The van der Waals surface area contributed by atoms with Crippen LogP contribution >= 0.6 is 0 Å². The van der Waals surface area contributed by atoms with E-state index < -0.39 is 5.97 Å². The molecular formula is C9H21NO4. The van der Waals surface area contributed by atoms with Gasteiger partial charge in [0.1, 0.15) is 0 Å². The van der Waals surface area contributed by atoms with Crippen LogP contribution in [0, 0.1) is 0 Å². The minimum atomic E-state index is -0.833. The molecule has 0 amide bonds. The second kappa shape index (κ2) is 12.3. The van der Waals surface area contributed by atoms with Crippen LogP contribution in [0.15, 0.2) is 0 Å². The molecule has 0 heterocycles. The number of carboxylic acids is 1. The van der Waals surface area contributed by atoms with Gasteiger partial charge in [0.25, 0.3) is 5.97 Å². The Morgan fingerprint density at radius 1 is 1.14 bits per heavy atom. The maximum absolute atomic E-state index is 9.00. The van der Waals surface area contributed by atoms with Crippen LogP contribution in [0.5, 0.6) is 0 Å². The van der Waals surface area contributed by atoms with Gasteiger partial charge in [-0.3, -0.25) is 4.79 Å². The van der Waals surface area contributed by atoms with Crippen molar-refractivity contribution in [1.29, 1.82) is 0 Å². The summed E-state index contributed by atoms with van der Waals surface area (Å²) in [5.41, 5.74) is 0. The summed E-state index contributed by atoms with van der Waals surface area (Å²) in [6.07, 6.45) is 1.86. The van der Waals surface area contributed by atoms with Gasteiger partial charge in [0.05, 0.1) is 6.61 Å². The third-order valence-corrected chi connectivity index (χ3v) is 1.43. The predicted molar refractivity (Wildman–Crippen MR) is 54.2 cm³/mol. The van der Waals surface area contributed by atoms with Crippen molar-refractivity contribution < 1.29 is 20.1 Å². The van der Waals surface area contributed by atoms with E-state index in [1.165, 1.54) is 0 Å². The number of hydrogen-bond donors (Lipinski definition) is 3. The first kappa shape index (κ1) is 15.8. The third-order valence-electron chi connectivity index (χ3n) is 1.43. The van der Waals surface area contributed by atoms with Crippen molar-refractivity contribution in [2.75, 3.05) is 33.4 Å². The van der Waals surface area contributed by atoms with E-state index in [-0.39, 0.29) is 13.2 Å². The molecule has 0 unspecified atom stereocenters. The average Bonchev–Trinajstić information content (AvgIpc) is 2.04. The fraction of sp³-hybridized carbons (Fsp3) is 0.889. The highest BCUT2D eigenvalue weighted by molar-refractivity contribution is 5.62. The fourth-order valence-corrected chi connectivity index (χ4v) is 0.776. The summed E-state index contributed by atoms with van der Waals surface area (Å²) >= 11 is 0. The molecule has 86 valence electrons. The van der Waals surface area contributed by atoms with Crippen molar-refractivity contribution in [2.24, 2.45) is 0 Å². The van der Waals surface area contributed by atoms with Gasteiger partial charge in [-0.1, -0.05) is 0 Å². The number of carbonyl (C=O) groups is 1. The summed E-state index contributed by atoms with van der Waals surface area (Å²) in [4.78, 5) is 11.1. The molecule has 14 heavy (non-hydrogen) atoms. The lowest BCUT2D eigenvalue weighted by Crippen LogP contribution is -2.23. The van der Waals surface area contributed by atoms with Crippen molar-refractivity contribution in [3.63, 3.8) is 0 Å². The minimum absolute atomic E-state index is 0.218. The highest BCUT2D eigenvalue weighted by Gasteiger charge is 1.94. The molecule has 0 aliphatic carbocycles. The summed E-state index contributed by atoms with van der Waals surface area (Å²) in [5, 5.41) is 24.4. The smallest absolute Gasteiger partial charge is 0.300 e. The summed E-state index contributed by atoms with van der Waals surface area (Å²) in [7, 11) is 1.97. The topological polar surface area (TPSA) is 81.0 Å². The molecular weight excluding hydrogens is 186 g/mol. The number of nitrogens with zero attached hydrogens (tertiary/aromatic N) is 1. The SMILES string of the molecule is CC(=O)O.CN(CCO)CCCCO. The van der Waals surface area contributed by atoms with Crippen molar-refractivity contribution in [2.45, 2.75) is 19.8 Å². The zero-order valence-electron chi connectivity index (χ0n) is 8.94. The van der Waals surface area contributed by atoms with Gasteiger partial charge < -0.3 is 20.2 Å². The normalized spacial score (nSPS) is 9.50. The number of aliphatic hydroxyl groups is 2. The second-order valence-electron chi connectivity index (χ2n) is 2.98. The van der Waals surface area contributed by atoms with Crippen LogP contribution in [0.25, 0.3) is 0 Å². The Balaban J connectivity index is 0. The third kappa shape index (κ3) is 22.5. The van der Waals surface area contributed by atoms with E-state index in [0.29, 0.717) is 0 Å². The summed E-state index contributed by atoms with van der Waals surface area (Å²) < 4.78 is 0. The van der Waals surface area contributed by atoms with Gasteiger partial charge in [0.15, 0.2) is 0 Å². The van der Waals surface area contributed by atoms with Crippen LogP contribution in [0.1, 0.15) is 19.8 Å². The fourth-order valence-electron chi connectivity index (χ4n) is 0.776. The van der Waals surface area contributed by atoms with Gasteiger partial charge in [-0.25, -0.2) is 0 Å². The Hall–Kier alpha value is -0.650. The van der Waals surface area contributed by atoms with Crippen LogP contribution in [0.3, 0.4) is 0 Å². The van der Waals surface area contributed by atoms with E-state index in [0.717, 1.165) is 32.9 Å². The minimum Gasteiger partial charge on any atom is -0.481 e. The number of hydrogen-bond acceptors (Lipinski definition) is 4. The average molecular weight is 207 g/mol. The van der Waals surface area contributed by atoms with E-state index >= 15 is 0 Å². The summed E-state index contributed by atoms with van der Waals surface area (Å²) in [6, 6.07) is 0. The van der Waals surface area contributed by atoms with E-state index in [1.54, 1.807) is 0 Å². The summed E-state index contributed by atoms with van der Waals surface area (Å²) in [6.45, 7) is 3.26. The van der Waals surface area contributed by atoms with Crippen molar-refractivity contribution >= 4 is 5.97 Å². The Bertz CT molecular complexity index is 126. The zero-order valence-corrected chi connectivity index (χ0v) is 8.94. The first-order valence-corrected chi connectivity index (χ1v) is 4.64. The predicted octanol–water partition coefficient (Wildman–Crippen LogP) is -0.226. The molecule has 0 saturated carbocycles. The lowest BCUT2D eigenvalue weighted by Gasteiger charge is -2.13. The molecule has 0 aliphatic rings. The molecule has 0 aromatic heterocycles. The van der Waals surface area contributed by atoms with Crippen molar-refractivity contribution in [3.05, 3.63) is 0 Å². The van der Waals surface area contributed by atoms with Crippen molar-refractivity contribution in [3.8, 4) is 0 Å². The number of likely N-dealkylation sites (N-methyl/N-ethyl adjacent to an activating group) is 1. The van der Waals surface area contributed by atoms with E-state index in [2.05, 4.69) is 4.90 Å². The molecule has 5 heteroatoms. The molecule has 0 aliphatic heterocycles. The Morgan fingerprint density at radius 3 is 2.00 bits per heavy atom. The summed E-state index contributed by atoms with van der Waals surface area (Å²) in [5.74, 6) is -0.833. The molecule has 3 N–H and O–H groups in total. The van der Waals surface area contributed by atoms with Crippen LogP contribution in [-0.2, 0) is 4.79 Å². The molecule has 0 rings (SSSR count). The van der Waals surface area contributed by atoms with Gasteiger partial charge in [-0.15, -0.1) is 0 Å². The Kier molecular flexibility index (Phi) is 13.9. The standard InChI is InChI=1S/C7H17NO2.C2H4O2/c1-8(5-7-10)4-2-3-6-9;1-2(3)4/h9-10H,2-7H2,1H3;1H3,(H,3,4). The molecule has 0 aromatic carbocycles. The lowest BCUT2D eigenvalue weighted by molar-refractivity contribution is -0.134. The van der Waals surface area contributed by atoms with Crippen molar-refractivity contribution in [1.82, 2.24) is 4.90 Å². The monoisotopic (exact) mass is 207 g/mol. The van der Waals surface area contributed by atoms with Crippen LogP contribution in [-0.4, -0.2) is 59.5 Å². The number of aliphatic hydroxyl groups excluding tert-OH is 2. The molecule has 0 bridgehead atoms. The number of unbranched alkanes of at least 4 members (excludes halogenated alkanes) is 1. The second-order valence-corrected chi connectivity index (χ2v) is 2.98. The lowest BCUT2D eigenvalue weighted by atomic mass is 10.3. The Morgan fingerprint density at radius 2 is 1.64 bits per heavy atom. The first-order chi connectivity index (χ1) is 6.54. The zero-order chi connectivity index (χ0) is 11.4. The van der Waals surface area contributed by atoms with Crippen LogP contribution in [0.2, 0.25) is 0 Å². The number of carboxylic acid groups (broad SMARTS) is 1. The molecule has 0 aromatic rings. The van der Waals surface area contributed by atoms with Gasteiger partial charge in [-0.2, -0.15) is 0 Å². The maximum atomic E-state index is 9.00. The molecule has 0 atom stereocenters. The number of aliphatic carboxylic acids is 1. The van der Waals surface area contributed by atoms with E-state index in [4.69, 9.17) is 20.1 Å². The van der Waals surface area contributed by atoms with Gasteiger partial charge >= 0.3 is 0 Å². The van der Waals surface area contributed by atoms with Gasteiger partial charge in [-0.05, 0) is 26.4 Å². The molecule has 5 nitrogen and oxygen atoms in total. The molecule has 0 saturated heterocycles. The first-order valence-electron chi connectivity index (χ1n) is 4.64. The molecule has 0 spiro atoms. The highest BCUT2D eigenvalue weighted by Crippen LogP contribution is 1.90. The van der Waals surface area contributed by atoms with Crippen LogP contribution in [0.4, 0.5) is 0 Å². The number of rotatable bonds is 6. The van der Waals surface area contributed by atoms with Crippen LogP contribution < -0.4 is 0 Å². The van der Waals surface area contributed by atoms with E-state index in [9.17, 15) is 0 Å².